The Labute approximate surface area is 260 Å². The Morgan fingerprint density at radius 2 is 1.73 bits per heavy atom. The van der Waals surface area contributed by atoms with Crippen LogP contribution in [0.4, 0.5) is 13.2 Å². The molecule has 0 unspecified atom stereocenters. The third-order valence-electron chi connectivity index (χ3n) is 9.87. The number of nitrogens with one attached hydrogen (secondary N) is 1. The van der Waals surface area contributed by atoms with E-state index < -0.39 is 41.4 Å². The zero-order chi connectivity index (χ0) is 32.0. The molecule has 7 rings (SSSR count). The number of amides is 1. The Morgan fingerprint density at radius 1 is 1.00 bits per heavy atom. The van der Waals surface area contributed by atoms with Gasteiger partial charge in [-0.2, -0.15) is 13.2 Å². The van der Waals surface area contributed by atoms with Gasteiger partial charge in [0.25, 0.3) is 0 Å². The lowest BCUT2D eigenvalue weighted by Gasteiger charge is -2.60. The highest BCUT2D eigenvalue weighted by Gasteiger charge is 2.69. The maximum atomic E-state index is 12.9. The number of halogens is 3. The van der Waals surface area contributed by atoms with Crippen molar-refractivity contribution >= 4 is 17.8 Å². The van der Waals surface area contributed by atoms with Gasteiger partial charge in [-0.25, -0.2) is 9.78 Å². The summed E-state index contributed by atoms with van der Waals surface area (Å²) in [5.41, 5.74) is 0.227. The highest BCUT2D eigenvalue weighted by Crippen LogP contribution is 2.60. The van der Waals surface area contributed by atoms with Crippen LogP contribution < -0.4 is 5.32 Å². The number of rotatable bonds is 8. The quantitative estimate of drug-likeness (QED) is 0.204. The second-order valence-electron chi connectivity index (χ2n) is 12.9. The molecule has 2 aromatic carbocycles. The van der Waals surface area contributed by atoms with E-state index in [4.69, 9.17) is 24.0 Å². The van der Waals surface area contributed by atoms with Crippen LogP contribution in [0.5, 0.6) is 0 Å². The lowest BCUT2D eigenvalue weighted by atomic mass is 9.58. The van der Waals surface area contributed by atoms with Gasteiger partial charge in [0.2, 0.25) is 11.7 Å². The van der Waals surface area contributed by atoms with E-state index in [0.29, 0.717) is 12.3 Å². The molecule has 0 radical (unpaired) electrons. The van der Waals surface area contributed by atoms with Crippen molar-refractivity contribution in [2.24, 2.45) is 23.7 Å². The van der Waals surface area contributed by atoms with Gasteiger partial charge in [-0.3, -0.25) is 9.59 Å². The van der Waals surface area contributed by atoms with Gasteiger partial charge in [0.1, 0.15) is 12.8 Å². The fraction of sp³-hybridized carbons (Fsp3) is 0.529. The maximum absolute atomic E-state index is 12.9. The number of carbonyl (C=O) groups is 2. The summed E-state index contributed by atoms with van der Waals surface area (Å²) in [5, 5.41) is 2.99. The number of benzene rings is 2. The molecular weight excluding hydrogens is 591 g/mol. The summed E-state index contributed by atoms with van der Waals surface area (Å²) in [7, 11) is 0. The fourth-order valence-electron chi connectivity index (χ4n) is 7.35. The molecule has 8 nitrogen and oxygen atoms in total. The summed E-state index contributed by atoms with van der Waals surface area (Å²) in [6, 6.07) is 11.3. The summed E-state index contributed by atoms with van der Waals surface area (Å²) in [6.45, 7) is 6.23. The average molecular weight is 630 g/mol. The van der Waals surface area contributed by atoms with Crippen LogP contribution in [0, 0.1) is 23.7 Å². The summed E-state index contributed by atoms with van der Waals surface area (Å²) in [5.74, 6) is -0.818. The zero-order valence-corrected chi connectivity index (χ0v) is 25.5. The highest BCUT2D eigenvalue weighted by atomic mass is 19.4. The molecule has 0 aromatic heterocycles. The standard InChI is InChI=1S/C34H38F3NO7/c1-20-4-14-27-21(2)30(42-31-33(27)26(20)16-17-32(3,43-31)44-45-33)38-29(40)19-41-18-23-7-5-22(6-8-23)9-15-28(39)24-10-12-25(13-11-24)34(35,36)37/h5-13,15,20-21,26-27,30-31H,4,14,16-19H2,1-3H3,(H,38,40)/b15-9+/t20-,21-,26+,27+,30+,31-,32-,33-/m1/s1. The molecule has 1 spiro atoms. The van der Waals surface area contributed by atoms with Crippen LogP contribution in [-0.2, 0) is 41.6 Å². The molecule has 2 bridgehead atoms. The molecule has 4 saturated heterocycles. The van der Waals surface area contributed by atoms with Crippen molar-refractivity contribution in [1.82, 2.24) is 5.32 Å². The number of hydrogen-bond acceptors (Lipinski definition) is 7. The number of carbonyl (C=O) groups excluding carboxylic acids is 2. The van der Waals surface area contributed by atoms with Crippen molar-refractivity contribution in [3.63, 3.8) is 0 Å². The summed E-state index contributed by atoms with van der Waals surface area (Å²) >= 11 is 0. The minimum absolute atomic E-state index is 0.0263. The van der Waals surface area contributed by atoms with Gasteiger partial charge >= 0.3 is 6.18 Å². The van der Waals surface area contributed by atoms with E-state index in [1.807, 2.05) is 19.1 Å². The predicted octanol–water partition coefficient (Wildman–Crippen LogP) is 6.44. The topological polar surface area (TPSA) is 92.3 Å². The number of fused-ring (bicyclic) bond motifs is 2. The van der Waals surface area contributed by atoms with Gasteiger partial charge in [0.15, 0.2) is 17.7 Å². The largest absolute Gasteiger partial charge is 0.416 e. The van der Waals surface area contributed by atoms with Gasteiger partial charge in [-0.05, 0) is 67.4 Å². The first-order valence-electron chi connectivity index (χ1n) is 15.4. The molecule has 1 amide bonds. The van der Waals surface area contributed by atoms with Crippen molar-refractivity contribution in [3.8, 4) is 0 Å². The van der Waals surface area contributed by atoms with Crippen LogP contribution in [0.25, 0.3) is 6.08 Å². The summed E-state index contributed by atoms with van der Waals surface area (Å²) in [4.78, 5) is 37.3. The molecular formula is C34H38F3NO7. The minimum atomic E-state index is -4.45. The SMILES string of the molecule is C[C@H]1[C@@H](NC(=O)COCc2ccc(/C=C/C(=O)c3ccc(C(F)(F)F)cc3)cc2)O[C@@H]2O[C@@]3(C)CC[C@H]4[C@H](C)CC[C@@H]1[C@@]24OO3. The molecule has 1 saturated carbocycles. The number of alkyl halides is 3. The molecule has 242 valence electrons. The van der Waals surface area contributed by atoms with Crippen LogP contribution in [0.1, 0.15) is 73.5 Å². The van der Waals surface area contributed by atoms with Gasteiger partial charge in [-0.1, -0.05) is 56.3 Å². The van der Waals surface area contributed by atoms with E-state index in [2.05, 4.69) is 19.2 Å². The first-order chi connectivity index (χ1) is 21.4. The molecule has 2 aromatic rings. The van der Waals surface area contributed by atoms with Gasteiger partial charge in [-0.15, -0.1) is 0 Å². The molecule has 1 N–H and O–H groups in total. The van der Waals surface area contributed by atoms with Crippen LogP contribution >= 0.6 is 0 Å². The molecule has 45 heavy (non-hydrogen) atoms. The van der Waals surface area contributed by atoms with Crippen molar-refractivity contribution in [2.75, 3.05) is 6.61 Å². The van der Waals surface area contributed by atoms with Crippen LogP contribution in [-0.4, -0.2) is 42.2 Å². The van der Waals surface area contributed by atoms with Gasteiger partial charge < -0.3 is 19.5 Å². The Hall–Kier alpha value is -3.09. The van der Waals surface area contributed by atoms with Crippen LogP contribution in [0.2, 0.25) is 0 Å². The molecule has 5 fully saturated rings. The lowest BCUT2D eigenvalue weighted by Crippen LogP contribution is -2.72. The van der Waals surface area contributed by atoms with Gasteiger partial charge in [0, 0.05) is 23.8 Å². The normalized spacial score (nSPS) is 34.3. The van der Waals surface area contributed by atoms with Crippen molar-refractivity contribution in [3.05, 3.63) is 76.9 Å². The highest BCUT2D eigenvalue weighted by molar-refractivity contribution is 6.06. The zero-order valence-electron chi connectivity index (χ0n) is 25.5. The Kier molecular flexibility index (Phi) is 8.68. The van der Waals surface area contributed by atoms with E-state index in [-0.39, 0.29) is 42.4 Å². The second-order valence-corrected chi connectivity index (χ2v) is 12.9. The smallest absolute Gasteiger partial charge is 0.367 e. The fourth-order valence-corrected chi connectivity index (χ4v) is 7.35. The molecule has 11 heteroatoms. The van der Waals surface area contributed by atoms with Crippen molar-refractivity contribution in [1.29, 1.82) is 0 Å². The Balaban J connectivity index is 0.996. The van der Waals surface area contributed by atoms with Gasteiger partial charge in [0.05, 0.1) is 12.2 Å². The van der Waals surface area contributed by atoms with Crippen LogP contribution in [0.3, 0.4) is 0 Å². The van der Waals surface area contributed by atoms with Crippen molar-refractivity contribution in [2.45, 2.75) is 83.1 Å². The van der Waals surface area contributed by atoms with E-state index in [9.17, 15) is 22.8 Å². The first kappa shape index (κ1) is 31.9. The molecule has 5 aliphatic rings. The number of ketones is 1. The van der Waals surface area contributed by atoms with Crippen LogP contribution in [0.15, 0.2) is 54.6 Å². The molecule has 1 aliphatic carbocycles. The van der Waals surface area contributed by atoms with E-state index in [1.165, 1.54) is 6.08 Å². The van der Waals surface area contributed by atoms with E-state index >= 15 is 0 Å². The number of allylic oxidation sites excluding steroid dienone is 1. The lowest BCUT2D eigenvalue weighted by molar-refractivity contribution is -0.571. The number of ether oxygens (including phenoxy) is 3. The van der Waals surface area contributed by atoms with Crippen molar-refractivity contribution < 1.29 is 46.7 Å². The molecule has 4 aliphatic heterocycles. The Bertz CT molecular complexity index is 1430. The predicted molar refractivity (Wildman–Crippen MR) is 156 cm³/mol. The first-order valence-corrected chi connectivity index (χ1v) is 15.4. The minimum Gasteiger partial charge on any atom is -0.367 e. The monoisotopic (exact) mass is 629 g/mol. The third-order valence-corrected chi connectivity index (χ3v) is 9.87. The molecule has 8 atom stereocenters. The van der Waals surface area contributed by atoms with E-state index in [1.54, 1.807) is 18.2 Å². The summed E-state index contributed by atoms with van der Waals surface area (Å²) in [6.07, 6.45) is 0.900. The van der Waals surface area contributed by atoms with E-state index in [0.717, 1.165) is 54.7 Å². The second kappa shape index (κ2) is 12.3. The third kappa shape index (κ3) is 6.33. The molecule has 4 heterocycles. The maximum Gasteiger partial charge on any atom is 0.416 e. The average Bonchev–Trinajstić information content (AvgIpc) is 3.24. The number of hydrogen-bond donors (Lipinski definition) is 1. The Morgan fingerprint density at radius 3 is 2.44 bits per heavy atom. The summed E-state index contributed by atoms with van der Waals surface area (Å²) < 4.78 is 56.7.